The highest BCUT2D eigenvalue weighted by Gasteiger charge is 2.02. The first-order chi connectivity index (χ1) is 9.56. The van der Waals surface area contributed by atoms with Gasteiger partial charge in [0.2, 0.25) is 0 Å². The van der Waals surface area contributed by atoms with Crippen LogP contribution >= 0.6 is 0 Å². The molecule has 0 unspecified atom stereocenters. The third kappa shape index (κ3) is 3.26. The number of nitrogens with zero attached hydrogens (tertiary/aromatic N) is 1. The summed E-state index contributed by atoms with van der Waals surface area (Å²) in [5.74, 6) is -1.16. The Morgan fingerprint density at radius 2 is 1.95 bits per heavy atom. The normalized spacial score (nSPS) is 10.6. The number of rotatable bonds is 4. The van der Waals surface area contributed by atoms with E-state index in [-0.39, 0.29) is 17.1 Å². The number of nitrogens with one attached hydrogen (secondary N) is 1. The predicted octanol–water partition coefficient (Wildman–Crippen LogP) is 2.24. The fraction of sp³-hybridized carbons (Fsp3) is 0. The molecule has 2 aromatic rings. The molecule has 0 aromatic heterocycles. The first-order valence-corrected chi connectivity index (χ1v) is 5.70. The number of carbonyl (C=O) groups is 1. The zero-order valence-electron chi connectivity index (χ0n) is 10.3. The van der Waals surface area contributed by atoms with E-state index in [4.69, 9.17) is 10.2 Å². The molecule has 0 fully saturated rings. The van der Waals surface area contributed by atoms with Crippen molar-refractivity contribution < 1.29 is 20.1 Å². The molecule has 0 aliphatic carbocycles. The summed E-state index contributed by atoms with van der Waals surface area (Å²) in [5, 5.41) is 31.4. The molecule has 102 valence electrons. The highest BCUT2D eigenvalue weighted by molar-refractivity contribution is 5.89. The van der Waals surface area contributed by atoms with Crippen LogP contribution in [0.15, 0.2) is 47.6 Å². The van der Waals surface area contributed by atoms with Crippen molar-refractivity contribution in [2.75, 3.05) is 5.43 Å². The van der Waals surface area contributed by atoms with Crippen LogP contribution in [0.3, 0.4) is 0 Å². The third-order valence-corrected chi connectivity index (χ3v) is 2.52. The molecule has 2 aromatic carbocycles. The molecule has 6 nitrogen and oxygen atoms in total. The summed E-state index contributed by atoms with van der Waals surface area (Å²) in [6, 6.07) is 10.3. The molecule has 6 heteroatoms. The number of hydrogen-bond acceptors (Lipinski definition) is 5. The monoisotopic (exact) mass is 272 g/mol. The number of hydrazone groups is 1. The highest BCUT2D eigenvalue weighted by atomic mass is 16.4. The second-order valence-electron chi connectivity index (χ2n) is 4.00. The molecule has 0 aliphatic rings. The number of anilines is 1. The minimum absolute atomic E-state index is 0.0400. The van der Waals surface area contributed by atoms with E-state index in [1.807, 2.05) is 0 Å². The lowest BCUT2D eigenvalue weighted by Crippen LogP contribution is -1.97. The standard InChI is InChI=1S/C14H12N2O4/c17-12-5-4-10(13(18)7-12)8-15-16-11-3-1-2-9(6-11)14(19)20/h1-8,16-18H,(H,19,20)/b15-8+. The summed E-state index contributed by atoms with van der Waals surface area (Å²) in [6.45, 7) is 0. The van der Waals surface area contributed by atoms with Gasteiger partial charge in [-0.3, -0.25) is 5.43 Å². The van der Waals surface area contributed by atoms with Crippen LogP contribution in [-0.4, -0.2) is 27.5 Å². The molecule has 0 bridgehead atoms. The number of phenolic OH excluding ortho intramolecular Hbond substituents is 2. The van der Waals surface area contributed by atoms with Gasteiger partial charge < -0.3 is 15.3 Å². The van der Waals surface area contributed by atoms with Crippen LogP contribution in [0.2, 0.25) is 0 Å². The minimum atomic E-state index is -1.02. The zero-order valence-corrected chi connectivity index (χ0v) is 10.3. The predicted molar refractivity (Wildman–Crippen MR) is 74.4 cm³/mol. The fourth-order valence-corrected chi connectivity index (χ4v) is 1.54. The minimum Gasteiger partial charge on any atom is -0.508 e. The van der Waals surface area contributed by atoms with Gasteiger partial charge in [0.15, 0.2) is 0 Å². The lowest BCUT2D eigenvalue weighted by molar-refractivity contribution is 0.0697. The van der Waals surface area contributed by atoms with Gasteiger partial charge in [-0.1, -0.05) is 6.07 Å². The number of phenols is 2. The first-order valence-electron chi connectivity index (χ1n) is 5.70. The van der Waals surface area contributed by atoms with Crippen molar-refractivity contribution in [3.63, 3.8) is 0 Å². The highest BCUT2D eigenvalue weighted by Crippen LogP contribution is 2.20. The van der Waals surface area contributed by atoms with Crippen molar-refractivity contribution in [1.29, 1.82) is 0 Å². The smallest absolute Gasteiger partial charge is 0.335 e. The first kappa shape index (κ1) is 13.4. The number of benzene rings is 2. The van der Waals surface area contributed by atoms with Crippen molar-refractivity contribution in [2.24, 2.45) is 5.10 Å². The van der Waals surface area contributed by atoms with Crippen LogP contribution in [0.1, 0.15) is 15.9 Å². The molecule has 0 atom stereocenters. The van der Waals surface area contributed by atoms with Crippen molar-refractivity contribution in [1.82, 2.24) is 0 Å². The van der Waals surface area contributed by atoms with E-state index in [2.05, 4.69) is 10.5 Å². The SMILES string of the molecule is O=C(O)c1cccc(N/N=C/c2ccc(O)cc2O)c1. The molecular weight excluding hydrogens is 260 g/mol. The third-order valence-electron chi connectivity index (χ3n) is 2.52. The maximum absolute atomic E-state index is 10.8. The van der Waals surface area contributed by atoms with Crippen molar-refractivity contribution in [3.05, 3.63) is 53.6 Å². The summed E-state index contributed by atoms with van der Waals surface area (Å²) in [5.41, 5.74) is 3.75. The molecule has 2 rings (SSSR count). The number of carboxylic acids is 1. The van der Waals surface area contributed by atoms with Gasteiger partial charge in [-0.15, -0.1) is 0 Å². The van der Waals surface area contributed by atoms with E-state index in [0.29, 0.717) is 11.3 Å². The molecule has 0 saturated carbocycles. The Bertz CT molecular complexity index is 668. The molecule has 0 saturated heterocycles. The number of carboxylic acid groups (broad SMARTS) is 1. The van der Waals surface area contributed by atoms with Crippen molar-refractivity contribution in [3.8, 4) is 11.5 Å². The van der Waals surface area contributed by atoms with Crippen LogP contribution < -0.4 is 5.43 Å². The van der Waals surface area contributed by atoms with E-state index in [1.165, 1.54) is 36.5 Å². The van der Waals surface area contributed by atoms with Crippen molar-refractivity contribution in [2.45, 2.75) is 0 Å². The quantitative estimate of drug-likeness (QED) is 0.505. The van der Waals surface area contributed by atoms with Gasteiger partial charge in [0.25, 0.3) is 0 Å². The lowest BCUT2D eigenvalue weighted by Gasteiger charge is -2.02. The van der Waals surface area contributed by atoms with Crippen molar-refractivity contribution >= 4 is 17.9 Å². The van der Waals surface area contributed by atoms with E-state index in [9.17, 15) is 9.90 Å². The number of aromatic carboxylic acids is 1. The number of hydrogen-bond donors (Lipinski definition) is 4. The Morgan fingerprint density at radius 3 is 2.65 bits per heavy atom. The van der Waals surface area contributed by atoms with Gasteiger partial charge in [0.1, 0.15) is 11.5 Å². The summed E-state index contributed by atoms with van der Waals surface area (Å²) < 4.78 is 0. The molecule has 0 spiro atoms. The zero-order chi connectivity index (χ0) is 14.5. The molecule has 0 heterocycles. The molecule has 0 amide bonds. The topological polar surface area (TPSA) is 102 Å². The van der Waals surface area contributed by atoms with Gasteiger partial charge >= 0.3 is 5.97 Å². The molecule has 4 N–H and O–H groups in total. The summed E-state index contributed by atoms with van der Waals surface area (Å²) in [7, 11) is 0. The summed E-state index contributed by atoms with van der Waals surface area (Å²) in [4.78, 5) is 10.8. The Labute approximate surface area is 114 Å². The fourth-order valence-electron chi connectivity index (χ4n) is 1.54. The van der Waals surface area contributed by atoms with Crippen LogP contribution in [0, 0.1) is 0 Å². The Hall–Kier alpha value is -3.02. The van der Waals surface area contributed by atoms with Gasteiger partial charge in [0, 0.05) is 11.6 Å². The lowest BCUT2D eigenvalue weighted by atomic mass is 10.2. The second-order valence-corrected chi connectivity index (χ2v) is 4.00. The molecule has 0 radical (unpaired) electrons. The average molecular weight is 272 g/mol. The average Bonchev–Trinajstić information content (AvgIpc) is 2.41. The molecular formula is C14H12N2O4. The van der Waals surface area contributed by atoms with E-state index in [0.717, 1.165) is 0 Å². The Morgan fingerprint density at radius 1 is 1.15 bits per heavy atom. The van der Waals surface area contributed by atoms with Crippen LogP contribution in [-0.2, 0) is 0 Å². The van der Waals surface area contributed by atoms with Gasteiger partial charge in [-0.25, -0.2) is 4.79 Å². The Kier molecular flexibility index (Phi) is 3.85. The Balaban J connectivity index is 2.10. The van der Waals surface area contributed by atoms with E-state index in [1.54, 1.807) is 12.1 Å². The van der Waals surface area contributed by atoms with E-state index < -0.39 is 5.97 Å². The second kappa shape index (κ2) is 5.75. The van der Waals surface area contributed by atoms with Gasteiger partial charge in [0.05, 0.1) is 17.5 Å². The maximum atomic E-state index is 10.8. The largest absolute Gasteiger partial charge is 0.508 e. The molecule has 0 aliphatic heterocycles. The van der Waals surface area contributed by atoms with Crippen LogP contribution in [0.4, 0.5) is 5.69 Å². The van der Waals surface area contributed by atoms with Gasteiger partial charge in [-0.2, -0.15) is 5.10 Å². The van der Waals surface area contributed by atoms with Gasteiger partial charge in [-0.05, 0) is 30.3 Å². The maximum Gasteiger partial charge on any atom is 0.335 e. The van der Waals surface area contributed by atoms with Crippen LogP contribution in [0.25, 0.3) is 0 Å². The summed E-state index contributed by atoms with van der Waals surface area (Å²) >= 11 is 0. The number of aromatic hydroxyl groups is 2. The van der Waals surface area contributed by atoms with E-state index >= 15 is 0 Å². The summed E-state index contributed by atoms with van der Waals surface area (Å²) in [6.07, 6.45) is 1.36. The van der Waals surface area contributed by atoms with Crippen LogP contribution in [0.5, 0.6) is 11.5 Å². The molecule has 20 heavy (non-hydrogen) atoms.